The van der Waals surface area contributed by atoms with Gasteiger partial charge in [-0.2, -0.15) is 0 Å². The fourth-order valence-corrected chi connectivity index (χ4v) is 1.92. The molecule has 20 heavy (non-hydrogen) atoms. The molecule has 0 aliphatic carbocycles. The molecule has 2 amide bonds. The third-order valence-corrected chi connectivity index (χ3v) is 3.06. The Balaban J connectivity index is 2.19. The van der Waals surface area contributed by atoms with Gasteiger partial charge in [-0.25, -0.2) is 4.98 Å². The highest BCUT2D eigenvalue weighted by molar-refractivity contribution is 9.10. The molecule has 1 aromatic carbocycles. The number of rotatable bonds is 4. The largest absolute Gasteiger partial charge is 0.369 e. The van der Waals surface area contributed by atoms with E-state index in [-0.39, 0.29) is 12.3 Å². The topological polar surface area (TPSA) is 85.1 Å². The predicted molar refractivity (Wildman–Crippen MR) is 79.2 cm³/mol. The second-order valence-electron chi connectivity index (χ2n) is 4.12. The lowest BCUT2D eigenvalue weighted by atomic mass is 10.1. The van der Waals surface area contributed by atoms with E-state index in [1.807, 2.05) is 0 Å². The van der Waals surface area contributed by atoms with Crippen molar-refractivity contribution in [2.75, 3.05) is 5.32 Å². The summed E-state index contributed by atoms with van der Waals surface area (Å²) in [6.07, 6.45) is 1.62. The number of carbonyl (C=O) groups is 2. The van der Waals surface area contributed by atoms with Gasteiger partial charge in [0.05, 0.1) is 6.42 Å². The van der Waals surface area contributed by atoms with E-state index in [1.165, 1.54) is 0 Å². The molecular weight excluding hydrogens is 322 g/mol. The van der Waals surface area contributed by atoms with Crippen LogP contribution in [0.15, 0.2) is 47.1 Å². The molecule has 1 aromatic heterocycles. The minimum Gasteiger partial charge on any atom is -0.369 e. The zero-order chi connectivity index (χ0) is 14.5. The number of pyridine rings is 1. The van der Waals surface area contributed by atoms with Crippen LogP contribution in [-0.4, -0.2) is 16.8 Å². The molecule has 0 spiro atoms. The van der Waals surface area contributed by atoms with Crippen LogP contribution in [0, 0.1) is 0 Å². The van der Waals surface area contributed by atoms with E-state index in [9.17, 15) is 9.59 Å². The maximum Gasteiger partial charge on any atom is 0.274 e. The molecule has 3 N–H and O–H groups in total. The van der Waals surface area contributed by atoms with Gasteiger partial charge in [0, 0.05) is 16.4 Å². The van der Waals surface area contributed by atoms with Crippen LogP contribution in [0.1, 0.15) is 16.1 Å². The van der Waals surface area contributed by atoms with Gasteiger partial charge in [0.25, 0.3) is 5.91 Å². The number of aromatic nitrogens is 1. The number of anilines is 1. The second kappa shape index (κ2) is 6.29. The number of amides is 2. The lowest BCUT2D eigenvalue weighted by Crippen LogP contribution is -2.18. The number of carbonyl (C=O) groups excluding carboxylic acids is 2. The smallest absolute Gasteiger partial charge is 0.274 e. The Bertz CT molecular complexity index is 641. The number of hydrogen-bond donors (Lipinski definition) is 2. The molecule has 0 aliphatic rings. The van der Waals surface area contributed by atoms with E-state index in [4.69, 9.17) is 5.73 Å². The van der Waals surface area contributed by atoms with Gasteiger partial charge in [0.1, 0.15) is 5.69 Å². The first kappa shape index (κ1) is 14.2. The average molecular weight is 334 g/mol. The van der Waals surface area contributed by atoms with E-state index < -0.39 is 5.91 Å². The summed E-state index contributed by atoms with van der Waals surface area (Å²) < 4.78 is 0.795. The van der Waals surface area contributed by atoms with Gasteiger partial charge in [-0.1, -0.05) is 18.2 Å². The molecule has 0 saturated heterocycles. The van der Waals surface area contributed by atoms with Crippen LogP contribution >= 0.6 is 15.9 Å². The maximum absolute atomic E-state index is 12.1. The van der Waals surface area contributed by atoms with Crippen molar-refractivity contribution in [3.8, 4) is 0 Å². The summed E-state index contributed by atoms with van der Waals surface area (Å²) in [5.41, 5.74) is 6.70. The first-order valence-corrected chi connectivity index (χ1v) is 6.64. The molecule has 0 aliphatic heterocycles. The Labute approximate surface area is 124 Å². The monoisotopic (exact) mass is 333 g/mol. The fourth-order valence-electron chi connectivity index (χ4n) is 1.68. The quantitative estimate of drug-likeness (QED) is 0.898. The number of primary amides is 1. The number of nitrogens with two attached hydrogens (primary N) is 1. The summed E-state index contributed by atoms with van der Waals surface area (Å²) in [5, 5.41) is 2.73. The van der Waals surface area contributed by atoms with Crippen molar-refractivity contribution in [3.05, 3.63) is 58.3 Å². The van der Waals surface area contributed by atoms with E-state index in [2.05, 4.69) is 26.2 Å². The first-order chi connectivity index (χ1) is 9.56. The van der Waals surface area contributed by atoms with Crippen LogP contribution in [0.4, 0.5) is 5.69 Å². The molecule has 2 rings (SSSR count). The SMILES string of the molecule is NC(=O)Cc1ccccc1NC(=O)c1ccc(Br)cn1. The van der Waals surface area contributed by atoms with Crippen molar-refractivity contribution >= 4 is 33.4 Å². The summed E-state index contributed by atoms with van der Waals surface area (Å²) in [4.78, 5) is 27.1. The first-order valence-electron chi connectivity index (χ1n) is 5.85. The Hall–Kier alpha value is -2.21. The van der Waals surface area contributed by atoms with E-state index in [0.717, 1.165) is 4.47 Å². The molecule has 2 aromatic rings. The summed E-state index contributed by atoms with van der Waals surface area (Å²) in [5.74, 6) is -0.789. The Morgan fingerprint density at radius 1 is 1.20 bits per heavy atom. The lowest BCUT2D eigenvalue weighted by molar-refractivity contribution is -0.117. The zero-order valence-corrected chi connectivity index (χ0v) is 12.1. The molecule has 0 radical (unpaired) electrons. The molecule has 0 fully saturated rings. The van der Waals surface area contributed by atoms with Crippen molar-refractivity contribution in [2.24, 2.45) is 5.73 Å². The molecule has 6 heteroatoms. The van der Waals surface area contributed by atoms with E-state index >= 15 is 0 Å². The minimum absolute atomic E-state index is 0.0736. The van der Waals surface area contributed by atoms with Crippen LogP contribution in [0.25, 0.3) is 0 Å². The molecule has 1 heterocycles. The molecule has 0 atom stereocenters. The molecule has 0 bridgehead atoms. The molecule has 0 unspecified atom stereocenters. The van der Waals surface area contributed by atoms with Crippen LogP contribution in [-0.2, 0) is 11.2 Å². The van der Waals surface area contributed by atoms with Gasteiger partial charge in [-0.15, -0.1) is 0 Å². The normalized spacial score (nSPS) is 10.1. The summed E-state index contributed by atoms with van der Waals surface area (Å²) in [6, 6.07) is 10.4. The van der Waals surface area contributed by atoms with E-state index in [1.54, 1.807) is 42.6 Å². The van der Waals surface area contributed by atoms with Gasteiger partial charge in [-0.05, 0) is 39.7 Å². The number of hydrogen-bond acceptors (Lipinski definition) is 3. The van der Waals surface area contributed by atoms with Gasteiger partial charge in [0.15, 0.2) is 0 Å². The molecule has 5 nitrogen and oxygen atoms in total. The standard InChI is InChI=1S/C14H12BrN3O2/c15-10-5-6-12(17-8-10)14(20)18-11-4-2-1-3-9(11)7-13(16)19/h1-6,8H,7H2,(H2,16,19)(H,18,20). The van der Waals surface area contributed by atoms with Gasteiger partial charge in [0.2, 0.25) is 5.91 Å². The second-order valence-corrected chi connectivity index (χ2v) is 5.03. The van der Waals surface area contributed by atoms with Crippen molar-refractivity contribution < 1.29 is 9.59 Å². The molecule has 0 saturated carbocycles. The van der Waals surface area contributed by atoms with Gasteiger partial charge >= 0.3 is 0 Å². The Morgan fingerprint density at radius 2 is 1.95 bits per heavy atom. The van der Waals surface area contributed by atoms with Crippen LogP contribution < -0.4 is 11.1 Å². The highest BCUT2D eigenvalue weighted by Crippen LogP contribution is 2.17. The van der Waals surface area contributed by atoms with Gasteiger partial charge in [-0.3, -0.25) is 9.59 Å². The number of benzene rings is 1. The van der Waals surface area contributed by atoms with Gasteiger partial charge < -0.3 is 11.1 Å². The summed E-state index contributed by atoms with van der Waals surface area (Å²) >= 11 is 3.25. The third kappa shape index (κ3) is 3.64. The number of nitrogens with zero attached hydrogens (tertiary/aromatic N) is 1. The predicted octanol–water partition coefficient (Wildman–Crippen LogP) is 2.12. The van der Waals surface area contributed by atoms with E-state index in [0.29, 0.717) is 16.9 Å². The number of halogens is 1. The average Bonchev–Trinajstić information content (AvgIpc) is 2.41. The van der Waals surface area contributed by atoms with Crippen molar-refractivity contribution in [1.29, 1.82) is 0 Å². The van der Waals surface area contributed by atoms with Crippen LogP contribution in [0.3, 0.4) is 0 Å². The number of nitrogens with one attached hydrogen (secondary N) is 1. The summed E-state index contributed by atoms with van der Waals surface area (Å²) in [6.45, 7) is 0. The lowest BCUT2D eigenvalue weighted by Gasteiger charge is -2.09. The van der Waals surface area contributed by atoms with Crippen molar-refractivity contribution in [3.63, 3.8) is 0 Å². The fraction of sp³-hybridized carbons (Fsp3) is 0.0714. The maximum atomic E-state index is 12.1. The number of para-hydroxylation sites is 1. The highest BCUT2D eigenvalue weighted by Gasteiger charge is 2.11. The summed E-state index contributed by atoms with van der Waals surface area (Å²) in [7, 11) is 0. The molecular formula is C14H12BrN3O2. The Morgan fingerprint density at radius 3 is 2.60 bits per heavy atom. The van der Waals surface area contributed by atoms with Crippen molar-refractivity contribution in [1.82, 2.24) is 4.98 Å². The van der Waals surface area contributed by atoms with Crippen LogP contribution in [0.5, 0.6) is 0 Å². The third-order valence-electron chi connectivity index (χ3n) is 2.59. The van der Waals surface area contributed by atoms with Crippen molar-refractivity contribution in [2.45, 2.75) is 6.42 Å². The molecule has 102 valence electrons. The minimum atomic E-state index is -0.450. The van der Waals surface area contributed by atoms with Crippen LogP contribution in [0.2, 0.25) is 0 Å². The zero-order valence-electron chi connectivity index (χ0n) is 10.5. The Kier molecular flexibility index (Phi) is 4.47. The highest BCUT2D eigenvalue weighted by atomic mass is 79.9.